The van der Waals surface area contributed by atoms with E-state index in [0.29, 0.717) is 22.1 Å². The predicted octanol–water partition coefficient (Wildman–Crippen LogP) is 4.71. The smallest absolute Gasteiger partial charge is 0.150 e. The largest absolute Gasteiger partial charge is 0.457 e. The topological polar surface area (TPSA) is 26.3 Å². The fourth-order valence-corrected chi connectivity index (χ4v) is 1.71. The fourth-order valence-electron chi connectivity index (χ4n) is 1.29. The Morgan fingerprint density at radius 3 is 2.29 bits per heavy atom. The molecule has 0 bridgehead atoms. The van der Waals surface area contributed by atoms with Crippen LogP contribution in [-0.4, -0.2) is 6.29 Å². The molecule has 0 aliphatic heterocycles. The van der Waals surface area contributed by atoms with Gasteiger partial charge < -0.3 is 4.74 Å². The van der Waals surface area contributed by atoms with Crippen molar-refractivity contribution in [1.29, 1.82) is 0 Å². The van der Waals surface area contributed by atoms with Crippen LogP contribution >= 0.6 is 27.5 Å². The minimum atomic E-state index is 0.590. The summed E-state index contributed by atoms with van der Waals surface area (Å²) in [6, 6.07) is 12.2. The molecule has 0 spiro atoms. The van der Waals surface area contributed by atoms with Crippen LogP contribution in [-0.2, 0) is 0 Å². The zero-order valence-corrected chi connectivity index (χ0v) is 11.0. The van der Waals surface area contributed by atoms with Gasteiger partial charge in [-0.05, 0) is 52.3 Å². The van der Waals surface area contributed by atoms with Crippen molar-refractivity contribution in [3.63, 3.8) is 0 Å². The van der Waals surface area contributed by atoms with Crippen LogP contribution in [0, 0.1) is 0 Å². The lowest BCUT2D eigenvalue weighted by molar-refractivity contribution is 0.112. The molecule has 4 heteroatoms. The second-order valence-electron chi connectivity index (χ2n) is 3.36. The maximum Gasteiger partial charge on any atom is 0.150 e. The highest BCUT2D eigenvalue weighted by molar-refractivity contribution is 9.10. The van der Waals surface area contributed by atoms with Crippen LogP contribution in [0.4, 0.5) is 0 Å². The molecule has 0 aromatic heterocycles. The summed E-state index contributed by atoms with van der Waals surface area (Å²) in [6.07, 6.45) is 0.792. The molecule has 17 heavy (non-hydrogen) atoms. The van der Waals surface area contributed by atoms with Crippen LogP contribution in [0.15, 0.2) is 46.9 Å². The van der Waals surface area contributed by atoms with Crippen molar-refractivity contribution in [1.82, 2.24) is 0 Å². The van der Waals surface area contributed by atoms with Gasteiger partial charge in [-0.25, -0.2) is 0 Å². The summed E-state index contributed by atoms with van der Waals surface area (Å²) in [4.78, 5) is 10.5. The molecule has 0 aliphatic carbocycles. The molecule has 2 rings (SSSR count). The van der Waals surface area contributed by atoms with Gasteiger partial charge in [0.2, 0.25) is 0 Å². The fraction of sp³-hybridized carbons (Fsp3) is 0. The van der Waals surface area contributed by atoms with Gasteiger partial charge in [-0.1, -0.05) is 11.6 Å². The van der Waals surface area contributed by atoms with Crippen LogP contribution in [0.25, 0.3) is 0 Å². The van der Waals surface area contributed by atoms with Gasteiger partial charge in [0, 0.05) is 16.1 Å². The number of rotatable bonds is 3. The third-order valence-electron chi connectivity index (χ3n) is 2.14. The van der Waals surface area contributed by atoms with Crippen LogP contribution in [0.3, 0.4) is 0 Å². The highest BCUT2D eigenvalue weighted by Gasteiger charge is 2.01. The maximum atomic E-state index is 10.5. The Bertz CT molecular complexity index is 538. The van der Waals surface area contributed by atoms with Crippen LogP contribution in [0.1, 0.15) is 10.4 Å². The monoisotopic (exact) mass is 310 g/mol. The number of hydrogen-bond donors (Lipinski definition) is 0. The van der Waals surface area contributed by atoms with Crippen molar-refractivity contribution in [2.24, 2.45) is 0 Å². The Hall–Kier alpha value is -1.32. The predicted molar refractivity (Wildman–Crippen MR) is 71.1 cm³/mol. The summed E-state index contributed by atoms with van der Waals surface area (Å²) in [5.41, 5.74) is 0.617. The molecule has 2 aromatic rings. The van der Waals surface area contributed by atoms with E-state index in [1.54, 1.807) is 30.3 Å². The van der Waals surface area contributed by atoms with Gasteiger partial charge in [0.25, 0.3) is 0 Å². The second kappa shape index (κ2) is 5.34. The van der Waals surface area contributed by atoms with Crippen molar-refractivity contribution in [3.05, 3.63) is 57.5 Å². The number of benzene rings is 2. The zero-order valence-electron chi connectivity index (χ0n) is 8.69. The van der Waals surface area contributed by atoms with Crippen molar-refractivity contribution >= 4 is 33.8 Å². The van der Waals surface area contributed by atoms with Gasteiger partial charge >= 0.3 is 0 Å². The second-order valence-corrected chi connectivity index (χ2v) is 4.63. The molecule has 86 valence electrons. The average molecular weight is 312 g/mol. The van der Waals surface area contributed by atoms with Gasteiger partial charge in [0.05, 0.1) is 5.02 Å². The molecule has 2 nitrogen and oxygen atoms in total. The third-order valence-corrected chi connectivity index (χ3v) is 3.38. The molecule has 0 unspecified atom stereocenters. The summed E-state index contributed by atoms with van der Waals surface area (Å²) in [5, 5.41) is 0.590. The standard InChI is InChI=1S/C13H8BrClO2/c14-12-6-5-11(7-13(12)15)17-10-3-1-9(8-16)2-4-10/h1-8H. The lowest BCUT2D eigenvalue weighted by Crippen LogP contribution is -1.85. The quantitative estimate of drug-likeness (QED) is 0.768. The molecule has 0 N–H and O–H groups in total. The molecule has 0 fully saturated rings. The molecule has 0 saturated heterocycles. The van der Waals surface area contributed by atoms with Crippen molar-refractivity contribution < 1.29 is 9.53 Å². The third kappa shape index (κ3) is 3.08. The Morgan fingerprint density at radius 2 is 1.71 bits per heavy atom. The lowest BCUT2D eigenvalue weighted by atomic mass is 10.2. The van der Waals surface area contributed by atoms with Gasteiger partial charge in [-0.15, -0.1) is 0 Å². The highest BCUT2D eigenvalue weighted by Crippen LogP contribution is 2.29. The molecule has 0 atom stereocenters. The van der Waals surface area contributed by atoms with Gasteiger partial charge in [0.1, 0.15) is 17.8 Å². The summed E-state index contributed by atoms with van der Waals surface area (Å²) >= 11 is 9.26. The van der Waals surface area contributed by atoms with E-state index in [4.69, 9.17) is 16.3 Å². The number of ether oxygens (including phenoxy) is 1. The summed E-state index contributed by atoms with van der Waals surface area (Å²) < 4.78 is 6.41. The van der Waals surface area contributed by atoms with E-state index >= 15 is 0 Å². The summed E-state index contributed by atoms with van der Waals surface area (Å²) in [7, 11) is 0. The van der Waals surface area contributed by atoms with Crippen LogP contribution in [0.2, 0.25) is 5.02 Å². The van der Waals surface area contributed by atoms with E-state index < -0.39 is 0 Å². The SMILES string of the molecule is O=Cc1ccc(Oc2ccc(Br)c(Cl)c2)cc1. The first-order chi connectivity index (χ1) is 8.19. The molecular formula is C13H8BrClO2. The zero-order chi connectivity index (χ0) is 12.3. The molecular weight excluding hydrogens is 303 g/mol. The lowest BCUT2D eigenvalue weighted by Gasteiger charge is -2.06. The average Bonchev–Trinajstić information content (AvgIpc) is 2.35. The maximum absolute atomic E-state index is 10.5. The van der Waals surface area contributed by atoms with Crippen LogP contribution < -0.4 is 4.74 Å². The van der Waals surface area contributed by atoms with E-state index in [-0.39, 0.29) is 0 Å². The molecule has 2 aromatic carbocycles. The Balaban J connectivity index is 2.19. The normalized spacial score (nSPS) is 10.0. The molecule has 0 amide bonds. The number of hydrogen-bond acceptors (Lipinski definition) is 2. The first-order valence-corrected chi connectivity index (χ1v) is 6.04. The van der Waals surface area contributed by atoms with E-state index in [2.05, 4.69) is 15.9 Å². The van der Waals surface area contributed by atoms with E-state index in [0.717, 1.165) is 10.8 Å². The highest BCUT2D eigenvalue weighted by atomic mass is 79.9. The Morgan fingerprint density at radius 1 is 1.06 bits per heavy atom. The minimum absolute atomic E-state index is 0.590. The first-order valence-electron chi connectivity index (χ1n) is 4.87. The van der Waals surface area contributed by atoms with Crippen molar-refractivity contribution in [2.75, 3.05) is 0 Å². The van der Waals surface area contributed by atoms with Crippen molar-refractivity contribution in [3.8, 4) is 11.5 Å². The van der Waals surface area contributed by atoms with Crippen molar-refractivity contribution in [2.45, 2.75) is 0 Å². The first kappa shape index (κ1) is 12.1. The van der Waals surface area contributed by atoms with Gasteiger partial charge in [-0.2, -0.15) is 0 Å². The van der Waals surface area contributed by atoms with E-state index in [1.165, 1.54) is 0 Å². The molecule has 0 saturated carbocycles. The van der Waals surface area contributed by atoms with Gasteiger partial charge in [-0.3, -0.25) is 4.79 Å². The number of aldehydes is 1. The Kier molecular flexibility index (Phi) is 3.82. The Labute approximate surface area is 112 Å². The summed E-state index contributed by atoms with van der Waals surface area (Å²) in [6.45, 7) is 0. The minimum Gasteiger partial charge on any atom is -0.457 e. The molecule has 0 radical (unpaired) electrons. The van der Waals surface area contributed by atoms with E-state index in [9.17, 15) is 4.79 Å². The summed E-state index contributed by atoms with van der Waals surface area (Å²) in [5.74, 6) is 1.31. The van der Waals surface area contributed by atoms with Crippen LogP contribution in [0.5, 0.6) is 11.5 Å². The van der Waals surface area contributed by atoms with Gasteiger partial charge in [0.15, 0.2) is 0 Å². The number of carbonyl (C=O) groups is 1. The number of carbonyl (C=O) groups excluding carboxylic acids is 1. The molecule has 0 heterocycles. The number of halogens is 2. The van der Waals surface area contributed by atoms with E-state index in [1.807, 2.05) is 12.1 Å². The molecule has 0 aliphatic rings.